The summed E-state index contributed by atoms with van der Waals surface area (Å²) in [6.45, 7) is 7.31. The minimum Gasteiger partial charge on any atom is -0.376 e. The Hall–Kier alpha value is -1.68. The molecule has 0 bridgehead atoms. The normalized spacial score (nSPS) is 25.7. The summed E-state index contributed by atoms with van der Waals surface area (Å²) in [4.78, 5) is 0. The molecule has 3 heteroatoms. The fourth-order valence-corrected chi connectivity index (χ4v) is 5.65. The molecule has 1 heterocycles. The van der Waals surface area contributed by atoms with Gasteiger partial charge in [-0.1, -0.05) is 92.8 Å². The molecule has 0 amide bonds. The van der Waals surface area contributed by atoms with Crippen LogP contribution in [-0.2, 0) is 4.74 Å². The lowest BCUT2D eigenvalue weighted by atomic mass is 9.89. The largest absolute Gasteiger partial charge is 0.376 e. The van der Waals surface area contributed by atoms with Crippen LogP contribution in [0.15, 0.2) is 60.7 Å². The summed E-state index contributed by atoms with van der Waals surface area (Å²) in [5.74, 6) is 0.776. The van der Waals surface area contributed by atoms with Gasteiger partial charge >= 0.3 is 0 Å². The van der Waals surface area contributed by atoms with Gasteiger partial charge in [0.05, 0.1) is 23.3 Å². The fraction of sp³-hybridized carbons (Fsp3) is 0.586. The Morgan fingerprint density at radius 2 is 1.44 bits per heavy atom. The van der Waals surface area contributed by atoms with E-state index in [4.69, 9.17) is 4.74 Å². The maximum atomic E-state index is 5.94. The lowest BCUT2D eigenvalue weighted by Gasteiger charge is -2.32. The SMILES string of the molecule is CC(C)(C)OCCCC[C@@H]1CCCCC2(C1)N[C@H](c1ccccc1)[C@@H](c1ccccc1)N2. The van der Waals surface area contributed by atoms with Gasteiger partial charge in [-0.3, -0.25) is 10.6 Å². The molecule has 0 aromatic heterocycles. The number of hydrogen-bond donors (Lipinski definition) is 2. The Labute approximate surface area is 195 Å². The van der Waals surface area contributed by atoms with Gasteiger partial charge in [-0.25, -0.2) is 0 Å². The molecule has 3 atom stereocenters. The summed E-state index contributed by atoms with van der Waals surface area (Å²) in [6, 6.07) is 22.6. The van der Waals surface area contributed by atoms with E-state index in [9.17, 15) is 0 Å². The van der Waals surface area contributed by atoms with Crippen LogP contribution in [0, 0.1) is 5.92 Å². The zero-order valence-corrected chi connectivity index (χ0v) is 20.3. The zero-order valence-electron chi connectivity index (χ0n) is 20.3. The van der Waals surface area contributed by atoms with Crippen LogP contribution in [0.1, 0.15) is 95.3 Å². The van der Waals surface area contributed by atoms with E-state index in [2.05, 4.69) is 92.1 Å². The highest BCUT2D eigenvalue weighted by Gasteiger charge is 2.46. The van der Waals surface area contributed by atoms with Gasteiger partial charge in [-0.05, 0) is 57.1 Å². The molecule has 32 heavy (non-hydrogen) atoms. The molecule has 2 aromatic rings. The summed E-state index contributed by atoms with van der Waals surface area (Å²) in [5.41, 5.74) is 2.77. The molecule has 1 saturated heterocycles. The van der Waals surface area contributed by atoms with Crippen molar-refractivity contribution in [2.75, 3.05) is 6.61 Å². The van der Waals surface area contributed by atoms with Crippen molar-refractivity contribution in [2.45, 2.75) is 95.5 Å². The molecular weight excluding hydrogens is 392 g/mol. The number of nitrogens with one attached hydrogen (secondary N) is 2. The monoisotopic (exact) mass is 434 g/mol. The van der Waals surface area contributed by atoms with Crippen molar-refractivity contribution in [2.24, 2.45) is 5.92 Å². The lowest BCUT2D eigenvalue weighted by Crippen LogP contribution is -2.50. The first-order valence-electron chi connectivity index (χ1n) is 12.7. The van der Waals surface area contributed by atoms with Crippen molar-refractivity contribution >= 4 is 0 Å². The van der Waals surface area contributed by atoms with Gasteiger partial charge < -0.3 is 4.74 Å². The third kappa shape index (κ3) is 6.21. The minimum absolute atomic E-state index is 0.0248. The van der Waals surface area contributed by atoms with Crippen LogP contribution in [0.3, 0.4) is 0 Å². The molecular formula is C29H42N2O. The average Bonchev–Trinajstić information content (AvgIpc) is 3.04. The first-order chi connectivity index (χ1) is 15.4. The Morgan fingerprint density at radius 1 is 0.844 bits per heavy atom. The van der Waals surface area contributed by atoms with Crippen LogP contribution >= 0.6 is 0 Å². The number of unbranched alkanes of at least 4 members (excludes halogenated alkanes) is 1. The van der Waals surface area contributed by atoms with E-state index in [0.717, 1.165) is 12.5 Å². The molecule has 2 fully saturated rings. The minimum atomic E-state index is -0.0248. The van der Waals surface area contributed by atoms with Crippen molar-refractivity contribution in [1.29, 1.82) is 0 Å². The zero-order chi connectivity index (χ0) is 22.4. The average molecular weight is 435 g/mol. The predicted octanol–water partition coefficient (Wildman–Crippen LogP) is 6.92. The van der Waals surface area contributed by atoms with Crippen molar-refractivity contribution in [3.8, 4) is 0 Å². The third-order valence-electron chi connectivity index (χ3n) is 7.16. The highest BCUT2D eigenvalue weighted by molar-refractivity contribution is 5.31. The second kappa shape index (κ2) is 10.5. The summed E-state index contributed by atoms with van der Waals surface area (Å²) in [7, 11) is 0. The first kappa shape index (κ1) is 23.5. The van der Waals surface area contributed by atoms with Crippen molar-refractivity contribution < 1.29 is 4.74 Å². The van der Waals surface area contributed by atoms with E-state index in [-0.39, 0.29) is 11.3 Å². The second-order valence-electron chi connectivity index (χ2n) is 10.9. The highest BCUT2D eigenvalue weighted by atomic mass is 16.5. The van der Waals surface area contributed by atoms with Crippen molar-refractivity contribution in [3.63, 3.8) is 0 Å². The molecule has 2 aromatic carbocycles. The van der Waals surface area contributed by atoms with E-state index in [1.165, 1.54) is 62.5 Å². The molecule has 0 unspecified atom stereocenters. The van der Waals surface area contributed by atoms with E-state index >= 15 is 0 Å². The molecule has 1 spiro atoms. The molecule has 2 N–H and O–H groups in total. The van der Waals surface area contributed by atoms with E-state index in [0.29, 0.717) is 12.1 Å². The summed E-state index contributed by atoms with van der Waals surface area (Å²) < 4.78 is 5.94. The molecule has 2 aliphatic rings. The third-order valence-corrected chi connectivity index (χ3v) is 7.16. The number of rotatable bonds is 7. The van der Waals surface area contributed by atoms with Crippen LogP contribution in [0.4, 0.5) is 0 Å². The Bertz CT molecular complexity index is 767. The Morgan fingerprint density at radius 3 is 2.00 bits per heavy atom. The van der Waals surface area contributed by atoms with Gasteiger partial charge in [0.1, 0.15) is 0 Å². The van der Waals surface area contributed by atoms with Gasteiger partial charge in [-0.15, -0.1) is 0 Å². The number of benzene rings is 2. The highest BCUT2D eigenvalue weighted by Crippen LogP contribution is 2.43. The summed E-state index contributed by atoms with van der Waals surface area (Å²) >= 11 is 0. The molecule has 3 nitrogen and oxygen atoms in total. The van der Waals surface area contributed by atoms with Crippen molar-refractivity contribution in [3.05, 3.63) is 71.8 Å². The second-order valence-corrected chi connectivity index (χ2v) is 10.9. The van der Waals surface area contributed by atoms with E-state index in [1.807, 2.05) is 0 Å². The lowest BCUT2D eigenvalue weighted by molar-refractivity contribution is -0.00514. The van der Waals surface area contributed by atoms with Gasteiger partial charge in [-0.2, -0.15) is 0 Å². The van der Waals surface area contributed by atoms with Crippen LogP contribution in [0.2, 0.25) is 0 Å². The van der Waals surface area contributed by atoms with Gasteiger partial charge in [0, 0.05) is 6.61 Å². The molecule has 4 rings (SSSR count). The number of hydrogen-bond acceptors (Lipinski definition) is 3. The summed E-state index contributed by atoms with van der Waals surface area (Å²) in [5, 5.41) is 8.25. The Balaban J connectivity index is 1.45. The Kier molecular flexibility index (Phi) is 7.70. The molecule has 1 aliphatic carbocycles. The molecule has 1 aliphatic heterocycles. The molecule has 174 valence electrons. The smallest absolute Gasteiger partial charge is 0.0700 e. The van der Waals surface area contributed by atoms with Crippen LogP contribution < -0.4 is 10.6 Å². The van der Waals surface area contributed by atoms with Crippen molar-refractivity contribution in [1.82, 2.24) is 10.6 Å². The maximum absolute atomic E-state index is 5.94. The van der Waals surface area contributed by atoms with Crippen LogP contribution in [-0.4, -0.2) is 17.9 Å². The van der Waals surface area contributed by atoms with Gasteiger partial charge in [0.2, 0.25) is 0 Å². The predicted molar refractivity (Wildman–Crippen MR) is 133 cm³/mol. The van der Waals surface area contributed by atoms with Gasteiger partial charge in [0.15, 0.2) is 0 Å². The molecule has 0 radical (unpaired) electrons. The molecule has 1 saturated carbocycles. The topological polar surface area (TPSA) is 33.3 Å². The number of ether oxygens (including phenoxy) is 1. The van der Waals surface area contributed by atoms with Crippen LogP contribution in [0.25, 0.3) is 0 Å². The quantitative estimate of drug-likeness (QED) is 0.464. The first-order valence-corrected chi connectivity index (χ1v) is 12.7. The van der Waals surface area contributed by atoms with Gasteiger partial charge in [0.25, 0.3) is 0 Å². The van der Waals surface area contributed by atoms with E-state index < -0.39 is 0 Å². The summed E-state index contributed by atoms with van der Waals surface area (Å²) in [6.07, 6.45) is 10.2. The fourth-order valence-electron chi connectivity index (χ4n) is 5.65. The van der Waals surface area contributed by atoms with Crippen LogP contribution in [0.5, 0.6) is 0 Å². The maximum Gasteiger partial charge on any atom is 0.0700 e. The standard InChI is InChI=1S/C29H42N2O/c1-28(2,3)32-21-13-11-15-23-14-10-12-20-29(22-23)30-26(24-16-6-4-7-17-24)27(31-29)25-18-8-5-9-19-25/h4-9,16-19,23,26-27,30-31H,10-15,20-22H2,1-3H3/t23-,26+,27+/m0/s1. The van der Waals surface area contributed by atoms with E-state index in [1.54, 1.807) is 0 Å².